The first-order valence-electron chi connectivity index (χ1n) is 10.0. The van der Waals surface area contributed by atoms with E-state index in [1.54, 1.807) is 0 Å². The van der Waals surface area contributed by atoms with Crippen LogP contribution in [0.15, 0.2) is 23.2 Å². The maximum atomic E-state index is 5.40. The first-order chi connectivity index (χ1) is 13.5. The molecular formula is C21H35IN6O. The number of nitrogens with zero attached hydrogens (tertiary/aromatic N) is 4. The Morgan fingerprint density at radius 1 is 1.07 bits per heavy atom. The van der Waals surface area contributed by atoms with E-state index in [9.17, 15) is 0 Å². The molecule has 0 saturated heterocycles. The van der Waals surface area contributed by atoms with Gasteiger partial charge in [0.25, 0.3) is 0 Å². The van der Waals surface area contributed by atoms with Gasteiger partial charge in [0.2, 0.25) is 0 Å². The average molecular weight is 514 g/mol. The van der Waals surface area contributed by atoms with Crippen LogP contribution < -0.4 is 10.6 Å². The van der Waals surface area contributed by atoms with Gasteiger partial charge >= 0.3 is 0 Å². The van der Waals surface area contributed by atoms with Gasteiger partial charge in [-0.25, -0.2) is 4.99 Å². The van der Waals surface area contributed by atoms with Crippen molar-refractivity contribution in [3.63, 3.8) is 0 Å². The summed E-state index contributed by atoms with van der Waals surface area (Å²) in [5, 5.41) is 15.1. The SMILES string of the molecule is CCOCCCNC(=NCc1nnc(C)n1C)NCCc1cc(C)cc(C)c1.I. The molecule has 1 aromatic heterocycles. The van der Waals surface area contributed by atoms with Crippen LogP contribution in [0.2, 0.25) is 0 Å². The van der Waals surface area contributed by atoms with Crippen molar-refractivity contribution in [2.45, 2.75) is 47.1 Å². The number of aliphatic imine (C=N–C) groups is 1. The second-order valence-electron chi connectivity index (χ2n) is 7.04. The average Bonchev–Trinajstić information content (AvgIpc) is 2.96. The summed E-state index contributed by atoms with van der Waals surface area (Å²) in [4.78, 5) is 4.68. The van der Waals surface area contributed by atoms with E-state index in [0.717, 1.165) is 56.8 Å². The molecule has 0 fully saturated rings. The number of aryl methyl sites for hydroxylation is 3. The van der Waals surface area contributed by atoms with Crippen molar-refractivity contribution in [1.29, 1.82) is 0 Å². The Bertz CT molecular complexity index is 754. The van der Waals surface area contributed by atoms with E-state index in [-0.39, 0.29) is 24.0 Å². The number of hydrogen-bond acceptors (Lipinski definition) is 4. The van der Waals surface area contributed by atoms with Gasteiger partial charge in [-0.1, -0.05) is 29.3 Å². The lowest BCUT2D eigenvalue weighted by atomic mass is 10.1. The Kier molecular flexibility index (Phi) is 11.8. The maximum Gasteiger partial charge on any atom is 0.191 e. The second-order valence-corrected chi connectivity index (χ2v) is 7.04. The van der Waals surface area contributed by atoms with Gasteiger partial charge in [-0.05, 0) is 46.1 Å². The van der Waals surface area contributed by atoms with Crippen molar-refractivity contribution >= 4 is 29.9 Å². The van der Waals surface area contributed by atoms with Crippen LogP contribution in [0, 0.1) is 20.8 Å². The number of benzene rings is 1. The number of nitrogens with one attached hydrogen (secondary N) is 2. The number of guanidine groups is 1. The molecule has 29 heavy (non-hydrogen) atoms. The third kappa shape index (κ3) is 9.12. The fourth-order valence-electron chi connectivity index (χ4n) is 2.98. The molecule has 162 valence electrons. The minimum Gasteiger partial charge on any atom is -0.382 e. The summed E-state index contributed by atoms with van der Waals surface area (Å²) in [7, 11) is 1.96. The van der Waals surface area contributed by atoms with Crippen LogP contribution in [-0.4, -0.2) is 47.0 Å². The second kappa shape index (κ2) is 13.5. The smallest absolute Gasteiger partial charge is 0.191 e. The molecule has 0 aliphatic carbocycles. The molecular weight excluding hydrogens is 479 g/mol. The quantitative estimate of drug-likeness (QED) is 0.221. The van der Waals surface area contributed by atoms with Gasteiger partial charge in [0.1, 0.15) is 12.4 Å². The van der Waals surface area contributed by atoms with Crippen molar-refractivity contribution in [3.05, 3.63) is 46.5 Å². The minimum absolute atomic E-state index is 0. The number of aromatic nitrogens is 3. The molecule has 7 nitrogen and oxygen atoms in total. The van der Waals surface area contributed by atoms with Crippen LogP contribution >= 0.6 is 24.0 Å². The van der Waals surface area contributed by atoms with Gasteiger partial charge < -0.3 is 19.9 Å². The van der Waals surface area contributed by atoms with Gasteiger partial charge in [0.05, 0.1) is 0 Å². The molecule has 8 heteroatoms. The van der Waals surface area contributed by atoms with Gasteiger partial charge in [0, 0.05) is 33.4 Å². The van der Waals surface area contributed by atoms with E-state index < -0.39 is 0 Å². The molecule has 1 heterocycles. The molecule has 2 N–H and O–H groups in total. The van der Waals surface area contributed by atoms with Gasteiger partial charge in [-0.3, -0.25) is 0 Å². The molecule has 0 aliphatic rings. The molecule has 2 rings (SSSR count). The summed E-state index contributed by atoms with van der Waals surface area (Å²) >= 11 is 0. The van der Waals surface area contributed by atoms with Crippen LogP contribution in [0.1, 0.15) is 41.7 Å². The molecule has 0 radical (unpaired) electrons. The monoisotopic (exact) mass is 514 g/mol. The van der Waals surface area contributed by atoms with Gasteiger partial charge in [-0.15, -0.1) is 34.2 Å². The summed E-state index contributed by atoms with van der Waals surface area (Å²) in [5.41, 5.74) is 3.94. The zero-order valence-corrected chi connectivity index (χ0v) is 20.6. The molecule has 0 atom stereocenters. The van der Waals surface area contributed by atoms with E-state index >= 15 is 0 Å². The van der Waals surface area contributed by atoms with Gasteiger partial charge in [0.15, 0.2) is 11.8 Å². The Labute approximate surface area is 191 Å². The fourth-order valence-corrected chi connectivity index (χ4v) is 2.98. The van der Waals surface area contributed by atoms with E-state index in [1.807, 2.05) is 25.5 Å². The first-order valence-corrected chi connectivity index (χ1v) is 10.0. The maximum absolute atomic E-state index is 5.40. The van der Waals surface area contributed by atoms with Crippen molar-refractivity contribution in [3.8, 4) is 0 Å². The number of halogens is 1. The topological polar surface area (TPSA) is 76.4 Å². The third-order valence-electron chi connectivity index (χ3n) is 4.51. The highest BCUT2D eigenvalue weighted by Crippen LogP contribution is 2.09. The molecule has 1 aromatic carbocycles. The summed E-state index contributed by atoms with van der Waals surface area (Å²) in [5.74, 6) is 2.53. The number of ether oxygens (including phenoxy) is 1. The fraction of sp³-hybridized carbons (Fsp3) is 0.571. The molecule has 0 unspecified atom stereocenters. The highest BCUT2D eigenvalue weighted by Gasteiger charge is 2.05. The first kappa shape index (κ1) is 25.4. The lowest BCUT2D eigenvalue weighted by Gasteiger charge is -2.13. The largest absolute Gasteiger partial charge is 0.382 e. The van der Waals surface area contributed by atoms with Crippen molar-refractivity contribution in [1.82, 2.24) is 25.4 Å². The third-order valence-corrected chi connectivity index (χ3v) is 4.51. The molecule has 0 saturated carbocycles. The lowest BCUT2D eigenvalue weighted by Crippen LogP contribution is -2.39. The molecule has 0 bridgehead atoms. The Balaban J connectivity index is 0.00000420. The van der Waals surface area contributed by atoms with Crippen LogP contribution in [0.25, 0.3) is 0 Å². The Hall–Kier alpha value is -1.68. The normalized spacial score (nSPS) is 11.3. The molecule has 0 amide bonds. The van der Waals surface area contributed by atoms with E-state index in [1.165, 1.54) is 16.7 Å². The van der Waals surface area contributed by atoms with Crippen molar-refractivity contribution in [2.75, 3.05) is 26.3 Å². The highest BCUT2D eigenvalue weighted by molar-refractivity contribution is 14.0. The van der Waals surface area contributed by atoms with Crippen molar-refractivity contribution < 1.29 is 4.74 Å². The van der Waals surface area contributed by atoms with Crippen molar-refractivity contribution in [2.24, 2.45) is 12.0 Å². The summed E-state index contributed by atoms with van der Waals surface area (Å²) in [6.07, 6.45) is 1.89. The zero-order valence-electron chi connectivity index (χ0n) is 18.3. The summed E-state index contributed by atoms with van der Waals surface area (Å²) in [6, 6.07) is 6.68. The highest BCUT2D eigenvalue weighted by atomic mass is 127. The van der Waals surface area contributed by atoms with E-state index in [4.69, 9.17) is 4.74 Å². The van der Waals surface area contributed by atoms with Crippen LogP contribution in [0.4, 0.5) is 0 Å². The summed E-state index contributed by atoms with van der Waals surface area (Å²) < 4.78 is 7.37. The standard InChI is InChI=1S/C21H34N6O.HI/c1-6-28-11-7-9-22-21(24-15-20-26-25-18(4)27(20)5)23-10-8-19-13-16(2)12-17(3)14-19;/h12-14H,6-11,15H2,1-5H3,(H2,22,23,24);1H. The predicted octanol–water partition coefficient (Wildman–Crippen LogP) is 3.06. The number of hydrogen-bond donors (Lipinski definition) is 2. The Morgan fingerprint density at radius 3 is 2.38 bits per heavy atom. The number of rotatable bonds is 10. The molecule has 0 aliphatic heterocycles. The van der Waals surface area contributed by atoms with Crippen LogP contribution in [0.3, 0.4) is 0 Å². The van der Waals surface area contributed by atoms with E-state index in [0.29, 0.717) is 6.54 Å². The minimum atomic E-state index is 0. The lowest BCUT2D eigenvalue weighted by molar-refractivity contribution is 0.145. The van der Waals surface area contributed by atoms with Crippen LogP contribution in [-0.2, 0) is 24.8 Å². The zero-order chi connectivity index (χ0) is 20.4. The Morgan fingerprint density at radius 2 is 1.76 bits per heavy atom. The molecule has 0 spiro atoms. The van der Waals surface area contributed by atoms with Gasteiger partial charge in [-0.2, -0.15) is 0 Å². The predicted molar refractivity (Wildman–Crippen MR) is 129 cm³/mol. The van der Waals surface area contributed by atoms with E-state index in [2.05, 4.69) is 57.9 Å². The summed E-state index contributed by atoms with van der Waals surface area (Å²) in [6.45, 7) is 11.8. The molecule has 2 aromatic rings. The van der Waals surface area contributed by atoms with Crippen LogP contribution in [0.5, 0.6) is 0 Å².